The molecule has 0 aliphatic heterocycles. The summed E-state index contributed by atoms with van der Waals surface area (Å²) < 4.78 is 0. The number of nitrogens with one attached hydrogen (secondary N) is 1. The molecule has 0 radical (unpaired) electrons. The van der Waals surface area contributed by atoms with Gasteiger partial charge in [0.15, 0.2) is 0 Å². The fourth-order valence-corrected chi connectivity index (χ4v) is 2.50. The summed E-state index contributed by atoms with van der Waals surface area (Å²) in [6, 6.07) is 10.3. The smallest absolute Gasteiger partial charge is 0.114 e. The van der Waals surface area contributed by atoms with Crippen molar-refractivity contribution >= 4 is 0 Å². The van der Waals surface area contributed by atoms with Crippen LogP contribution in [0.15, 0.2) is 36.5 Å². The van der Waals surface area contributed by atoms with Crippen LogP contribution < -0.4 is 5.73 Å². The van der Waals surface area contributed by atoms with E-state index < -0.39 is 0 Å². The summed E-state index contributed by atoms with van der Waals surface area (Å²) in [4.78, 5) is 7.95. The van der Waals surface area contributed by atoms with Crippen molar-refractivity contribution in [2.45, 2.75) is 24.7 Å². The topological polar surface area (TPSA) is 54.7 Å². The molecule has 1 aliphatic carbocycles. The zero-order valence-corrected chi connectivity index (χ0v) is 9.82. The molecular formula is C14H17N3. The molecule has 1 aromatic heterocycles. The van der Waals surface area contributed by atoms with E-state index in [1.54, 1.807) is 0 Å². The predicted molar refractivity (Wildman–Crippen MR) is 68.6 cm³/mol. The molecule has 88 valence electrons. The van der Waals surface area contributed by atoms with E-state index in [0.29, 0.717) is 6.54 Å². The first-order valence-electron chi connectivity index (χ1n) is 6.15. The second-order valence-corrected chi connectivity index (χ2v) is 4.85. The van der Waals surface area contributed by atoms with E-state index in [1.165, 1.54) is 12.0 Å². The van der Waals surface area contributed by atoms with Gasteiger partial charge >= 0.3 is 0 Å². The van der Waals surface area contributed by atoms with Gasteiger partial charge in [0.1, 0.15) is 5.82 Å². The molecule has 17 heavy (non-hydrogen) atoms. The highest BCUT2D eigenvalue weighted by Crippen LogP contribution is 2.41. The Labute approximate surface area is 101 Å². The summed E-state index contributed by atoms with van der Waals surface area (Å²) in [5.74, 6) is 1.06. The molecule has 1 fully saturated rings. The fourth-order valence-electron chi connectivity index (χ4n) is 2.50. The fraction of sp³-hybridized carbons (Fsp3) is 0.357. The van der Waals surface area contributed by atoms with Gasteiger partial charge in [0.05, 0.1) is 11.9 Å². The molecule has 0 bridgehead atoms. The number of rotatable bonds is 3. The van der Waals surface area contributed by atoms with Crippen LogP contribution in [0.4, 0.5) is 0 Å². The average molecular weight is 227 g/mol. The van der Waals surface area contributed by atoms with Crippen molar-refractivity contribution in [1.29, 1.82) is 0 Å². The lowest BCUT2D eigenvalue weighted by Crippen LogP contribution is -2.42. The highest BCUT2D eigenvalue weighted by molar-refractivity contribution is 5.58. The SMILES string of the molecule is NCC1(c2ncc(-c3ccccc3)[nH]2)CCC1. The van der Waals surface area contributed by atoms with Crippen LogP contribution in [0.2, 0.25) is 0 Å². The number of nitrogens with two attached hydrogens (primary N) is 1. The van der Waals surface area contributed by atoms with E-state index in [0.717, 1.165) is 24.4 Å². The van der Waals surface area contributed by atoms with Crippen LogP contribution in [0.3, 0.4) is 0 Å². The van der Waals surface area contributed by atoms with Crippen molar-refractivity contribution in [3.63, 3.8) is 0 Å². The summed E-state index contributed by atoms with van der Waals surface area (Å²) in [5.41, 5.74) is 8.27. The molecule has 0 spiro atoms. The maximum atomic E-state index is 5.89. The second kappa shape index (κ2) is 4.00. The zero-order valence-electron chi connectivity index (χ0n) is 9.82. The number of imidazole rings is 1. The molecule has 0 amide bonds. The molecule has 0 atom stereocenters. The summed E-state index contributed by atoms with van der Waals surface area (Å²) in [6.07, 6.45) is 5.50. The Kier molecular flexibility index (Phi) is 2.48. The van der Waals surface area contributed by atoms with Gasteiger partial charge in [-0.25, -0.2) is 4.98 Å². The maximum absolute atomic E-state index is 5.89. The molecule has 1 saturated carbocycles. The summed E-state index contributed by atoms with van der Waals surface area (Å²) in [7, 11) is 0. The minimum atomic E-state index is 0.118. The third-order valence-corrected chi connectivity index (χ3v) is 3.86. The van der Waals surface area contributed by atoms with Gasteiger partial charge in [0.2, 0.25) is 0 Å². The molecular weight excluding hydrogens is 210 g/mol. The highest BCUT2D eigenvalue weighted by atomic mass is 15.0. The lowest BCUT2D eigenvalue weighted by Gasteiger charge is -2.39. The van der Waals surface area contributed by atoms with E-state index in [9.17, 15) is 0 Å². The molecule has 1 aromatic carbocycles. The number of aromatic amines is 1. The summed E-state index contributed by atoms with van der Waals surface area (Å²) in [6.45, 7) is 0.689. The van der Waals surface area contributed by atoms with E-state index in [2.05, 4.69) is 22.1 Å². The average Bonchev–Trinajstić information content (AvgIpc) is 2.80. The van der Waals surface area contributed by atoms with Crippen LogP contribution in [0, 0.1) is 0 Å². The maximum Gasteiger partial charge on any atom is 0.114 e. The third-order valence-electron chi connectivity index (χ3n) is 3.86. The van der Waals surface area contributed by atoms with Gasteiger partial charge in [0.25, 0.3) is 0 Å². The minimum Gasteiger partial charge on any atom is -0.342 e. The summed E-state index contributed by atoms with van der Waals surface area (Å²) >= 11 is 0. The van der Waals surface area contributed by atoms with Crippen LogP contribution in [0.1, 0.15) is 25.1 Å². The Balaban J connectivity index is 1.93. The first-order chi connectivity index (χ1) is 8.34. The van der Waals surface area contributed by atoms with Crippen molar-refractivity contribution in [2.24, 2.45) is 5.73 Å². The normalized spacial score (nSPS) is 17.7. The van der Waals surface area contributed by atoms with Crippen molar-refractivity contribution in [3.05, 3.63) is 42.4 Å². The van der Waals surface area contributed by atoms with Crippen LogP contribution in [0.25, 0.3) is 11.3 Å². The van der Waals surface area contributed by atoms with Gasteiger partial charge in [-0.2, -0.15) is 0 Å². The van der Waals surface area contributed by atoms with Crippen LogP contribution in [-0.2, 0) is 5.41 Å². The molecule has 0 saturated heterocycles. The first-order valence-corrected chi connectivity index (χ1v) is 6.15. The Morgan fingerprint density at radius 2 is 2.00 bits per heavy atom. The van der Waals surface area contributed by atoms with Gasteiger partial charge in [-0.1, -0.05) is 36.8 Å². The molecule has 3 heteroatoms. The molecule has 3 N–H and O–H groups in total. The van der Waals surface area contributed by atoms with Crippen molar-refractivity contribution in [3.8, 4) is 11.3 Å². The number of hydrogen-bond donors (Lipinski definition) is 2. The van der Waals surface area contributed by atoms with Crippen molar-refractivity contribution in [1.82, 2.24) is 9.97 Å². The van der Waals surface area contributed by atoms with Gasteiger partial charge in [-0.3, -0.25) is 0 Å². The van der Waals surface area contributed by atoms with E-state index in [1.807, 2.05) is 24.4 Å². The van der Waals surface area contributed by atoms with Gasteiger partial charge < -0.3 is 10.7 Å². The zero-order chi connectivity index (χ0) is 11.7. The Morgan fingerprint density at radius 3 is 2.59 bits per heavy atom. The number of nitrogens with zero attached hydrogens (tertiary/aromatic N) is 1. The van der Waals surface area contributed by atoms with E-state index in [4.69, 9.17) is 5.73 Å². The molecule has 3 rings (SSSR count). The third kappa shape index (κ3) is 1.67. The first kappa shape index (κ1) is 10.5. The molecule has 1 aliphatic rings. The van der Waals surface area contributed by atoms with Gasteiger partial charge in [0, 0.05) is 12.0 Å². The minimum absolute atomic E-state index is 0.118. The quantitative estimate of drug-likeness (QED) is 0.846. The second-order valence-electron chi connectivity index (χ2n) is 4.85. The number of hydrogen-bond acceptors (Lipinski definition) is 2. The Hall–Kier alpha value is -1.61. The highest BCUT2D eigenvalue weighted by Gasteiger charge is 2.39. The monoisotopic (exact) mass is 227 g/mol. The molecule has 2 aromatic rings. The molecule has 3 nitrogen and oxygen atoms in total. The van der Waals surface area contributed by atoms with Gasteiger partial charge in [-0.05, 0) is 18.4 Å². The van der Waals surface area contributed by atoms with Crippen molar-refractivity contribution in [2.75, 3.05) is 6.54 Å². The Morgan fingerprint density at radius 1 is 1.24 bits per heavy atom. The number of benzene rings is 1. The lowest BCUT2D eigenvalue weighted by atomic mass is 9.68. The van der Waals surface area contributed by atoms with Gasteiger partial charge in [-0.15, -0.1) is 0 Å². The van der Waals surface area contributed by atoms with E-state index in [-0.39, 0.29) is 5.41 Å². The molecule has 1 heterocycles. The van der Waals surface area contributed by atoms with Crippen LogP contribution in [-0.4, -0.2) is 16.5 Å². The Bertz CT molecular complexity index is 492. The van der Waals surface area contributed by atoms with Crippen LogP contribution >= 0.6 is 0 Å². The number of aromatic nitrogens is 2. The summed E-state index contributed by atoms with van der Waals surface area (Å²) in [5, 5.41) is 0. The number of H-pyrrole nitrogens is 1. The lowest BCUT2D eigenvalue weighted by molar-refractivity contribution is 0.240. The van der Waals surface area contributed by atoms with E-state index >= 15 is 0 Å². The standard InChI is InChI=1S/C14H17N3/c15-10-14(7-4-8-14)13-16-9-12(17-13)11-5-2-1-3-6-11/h1-3,5-6,9H,4,7-8,10,15H2,(H,16,17). The largest absolute Gasteiger partial charge is 0.342 e. The van der Waals surface area contributed by atoms with Crippen LogP contribution in [0.5, 0.6) is 0 Å². The predicted octanol–water partition coefficient (Wildman–Crippen LogP) is 2.46. The van der Waals surface area contributed by atoms with Crippen molar-refractivity contribution < 1.29 is 0 Å². The molecule has 0 unspecified atom stereocenters.